The summed E-state index contributed by atoms with van der Waals surface area (Å²) in [6, 6.07) is 4.68. The summed E-state index contributed by atoms with van der Waals surface area (Å²) in [7, 11) is 1.52. The number of halogens is 1. The molecule has 1 aromatic carbocycles. The van der Waals surface area contributed by atoms with Crippen molar-refractivity contribution in [1.82, 2.24) is 5.32 Å². The number of carbonyl (C=O) groups is 2. The second-order valence-corrected chi connectivity index (χ2v) is 5.98. The first-order valence-electron chi connectivity index (χ1n) is 7.87. The van der Waals surface area contributed by atoms with E-state index in [1.165, 1.54) is 7.11 Å². The van der Waals surface area contributed by atoms with Crippen molar-refractivity contribution in [1.29, 1.82) is 0 Å². The highest BCUT2D eigenvalue weighted by Gasteiger charge is 2.33. The standard InChI is InChI=1S/C17H22ClNO4/c1-3-23-17(21)12-6-4-5-7-14(12)19-16(20)11-8-9-15(22-2)13(18)10-11/h8-10,12,14H,3-7H2,1-2H3,(H,19,20). The second-order valence-electron chi connectivity index (χ2n) is 5.57. The number of hydrogen-bond donors (Lipinski definition) is 1. The average Bonchev–Trinajstić information content (AvgIpc) is 2.55. The van der Waals surface area contributed by atoms with Crippen molar-refractivity contribution >= 4 is 23.5 Å². The maximum absolute atomic E-state index is 12.4. The van der Waals surface area contributed by atoms with Crippen LogP contribution >= 0.6 is 11.6 Å². The lowest BCUT2D eigenvalue weighted by Gasteiger charge is -2.30. The number of rotatable bonds is 5. The van der Waals surface area contributed by atoms with Crippen molar-refractivity contribution in [2.24, 2.45) is 5.92 Å². The lowest BCUT2D eigenvalue weighted by molar-refractivity contribution is -0.150. The van der Waals surface area contributed by atoms with Crippen LogP contribution in [0, 0.1) is 5.92 Å². The molecule has 23 heavy (non-hydrogen) atoms. The topological polar surface area (TPSA) is 64.6 Å². The van der Waals surface area contributed by atoms with Gasteiger partial charge in [-0.1, -0.05) is 24.4 Å². The molecule has 0 saturated heterocycles. The maximum atomic E-state index is 12.4. The summed E-state index contributed by atoms with van der Waals surface area (Å²) in [5.41, 5.74) is 0.448. The maximum Gasteiger partial charge on any atom is 0.311 e. The van der Waals surface area contributed by atoms with Crippen LogP contribution in [0.2, 0.25) is 5.02 Å². The molecule has 0 spiro atoms. The quantitative estimate of drug-likeness (QED) is 0.837. The van der Waals surface area contributed by atoms with Crippen molar-refractivity contribution in [3.63, 3.8) is 0 Å². The Hall–Kier alpha value is -1.75. The molecule has 2 rings (SSSR count). The van der Waals surface area contributed by atoms with E-state index in [2.05, 4.69) is 5.32 Å². The van der Waals surface area contributed by atoms with Gasteiger partial charge in [0.1, 0.15) is 5.75 Å². The molecule has 6 heteroatoms. The van der Waals surface area contributed by atoms with Crippen molar-refractivity contribution < 1.29 is 19.1 Å². The van der Waals surface area contributed by atoms with Gasteiger partial charge in [-0.2, -0.15) is 0 Å². The fourth-order valence-electron chi connectivity index (χ4n) is 2.89. The summed E-state index contributed by atoms with van der Waals surface area (Å²) in [5.74, 6) is -0.229. The molecule has 0 bridgehead atoms. The van der Waals surface area contributed by atoms with Crippen LogP contribution in [0.4, 0.5) is 0 Å². The zero-order valence-corrected chi connectivity index (χ0v) is 14.2. The minimum absolute atomic E-state index is 0.198. The summed E-state index contributed by atoms with van der Waals surface area (Å²) in [4.78, 5) is 24.5. The van der Waals surface area contributed by atoms with Crippen LogP contribution in [0.5, 0.6) is 5.75 Å². The lowest BCUT2D eigenvalue weighted by atomic mass is 9.84. The zero-order valence-electron chi connectivity index (χ0n) is 13.4. The van der Waals surface area contributed by atoms with E-state index in [1.807, 2.05) is 0 Å². The van der Waals surface area contributed by atoms with Crippen molar-refractivity contribution in [2.75, 3.05) is 13.7 Å². The van der Waals surface area contributed by atoms with Gasteiger partial charge >= 0.3 is 5.97 Å². The van der Waals surface area contributed by atoms with Crippen LogP contribution in [0.3, 0.4) is 0 Å². The molecule has 1 aromatic rings. The predicted octanol–water partition coefficient (Wildman–Crippen LogP) is 3.20. The Balaban J connectivity index is 2.07. The SMILES string of the molecule is CCOC(=O)C1CCCCC1NC(=O)c1ccc(OC)c(Cl)c1. The molecule has 0 aliphatic heterocycles. The van der Waals surface area contributed by atoms with Crippen molar-refractivity contribution in [3.8, 4) is 5.75 Å². The number of ether oxygens (including phenoxy) is 2. The Bertz CT molecular complexity index is 576. The molecule has 0 radical (unpaired) electrons. The first-order valence-corrected chi connectivity index (χ1v) is 8.25. The normalized spacial score (nSPS) is 20.7. The van der Waals surface area contributed by atoms with Crippen molar-refractivity contribution in [2.45, 2.75) is 38.6 Å². The summed E-state index contributed by atoms with van der Waals surface area (Å²) < 4.78 is 10.2. The number of esters is 1. The molecular weight excluding hydrogens is 318 g/mol. The van der Waals surface area contributed by atoms with E-state index in [0.717, 1.165) is 25.7 Å². The largest absolute Gasteiger partial charge is 0.495 e. The Morgan fingerprint density at radius 3 is 2.70 bits per heavy atom. The summed E-state index contributed by atoms with van der Waals surface area (Å²) in [6.45, 7) is 2.14. The zero-order chi connectivity index (χ0) is 16.8. The molecule has 1 saturated carbocycles. The van der Waals surface area contributed by atoms with E-state index in [4.69, 9.17) is 21.1 Å². The third kappa shape index (κ3) is 4.38. The van der Waals surface area contributed by atoms with Gasteiger partial charge in [-0.15, -0.1) is 0 Å². The Kier molecular flexibility index (Phi) is 6.28. The van der Waals surface area contributed by atoms with Gasteiger partial charge < -0.3 is 14.8 Å². The highest BCUT2D eigenvalue weighted by atomic mass is 35.5. The lowest BCUT2D eigenvalue weighted by Crippen LogP contribution is -2.45. The van der Waals surface area contributed by atoms with Gasteiger partial charge in [0.05, 0.1) is 24.7 Å². The van der Waals surface area contributed by atoms with Crippen LogP contribution in [-0.2, 0) is 9.53 Å². The fourth-order valence-corrected chi connectivity index (χ4v) is 3.15. The second kappa shape index (κ2) is 8.20. The highest BCUT2D eigenvalue weighted by molar-refractivity contribution is 6.32. The summed E-state index contributed by atoms with van der Waals surface area (Å²) in [6.07, 6.45) is 3.49. The van der Waals surface area contributed by atoms with Crippen LogP contribution in [0.25, 0.3) is 0 Å². The minimum atomic E-state index is -0.277. The predicted molar refractivity (Wildman–Crippen MR) is 87.8 cm³/mol. The van der Waals surface area contributed by atoms with E-state index in [0.29, 0.717) is 22.9 Å². The number of carbonyl (C=O) groups excluding carboxylic acids is 2. The molecule has 5 nitrogen and oxygen atoms in total. The van der Waals surface area contributed by atoms with Crippen molar-refractivity contribution in [3.05, 3.63) is 28.8 Å². The number of benzene rings is 1. The van der Waals surface area contributed by atoms with Gasteiger partial charge in [0, 0.05) is 11.6 Å². The molecule has 2 atom stereocenters. The number of amides is 1. The number of nitrogens with one attached hydrogen (secondary N) is 1. The molecule has 1 fully saturated rings. The van der Waals surface area contributed by atoms with Gasteiger partial charge in [0.15, 0.2) is 0 Å². The molecule has 1 aliphatic rings. The van der Waals surface area contributed by atoms with Crippen LogP contribution in [0.15, 0.2) is 18.2 Å². The first-order chi connectivity index (χ1) is 11.1. The summed E-state index contributed by atoms with van der Waals surface area (Å²) in [5, 5.41) is 3.33. The van der Waals surface area contributed by atoms with Gasteiger partial charge in [0.25, 0.3) is 5.91 Å². The third-order valence-electron chi connectivity index (χ3n) is 4.09. The van der Waals surface area contributed by atoms with Crippen LogP contribution in [0.1, 0.15) is 43.0 Å². The first kappa shape index (κ1) is 17.6. The number of hydrogen-bond acceptors (Lipinski definition) is 4. The average molecular weight is 340 g/mol. The molecule has 1 aliphatic carbocycles. The Labute approximate surface area is 141 Å². The van der Waals surface area contributed by atoms with Gasteiger partial charge in [-0.3, -0.25) is 9.59 Å². The summed E-state index contributed by atoms with van der Waals surface area (Å²) >= 11 is 6.06. The molecule has 0 heterocycles. The number of methoxy groups -OCH3 is 1. The molecule has 1 amide bonds. The molecule has 1 N–H and O–H groups in total. The van der Waals surface area contributed by atoms with E-state index in [9.17, 15) is 9.59 Å². The van der Waals surface area contributed by atoms with Gasteiger partial charge in [0.2, 0.25) is 0 Å². The fraction of sp³-hybridized carbons (Fsp3) is 0.529. The van der Waals surface area contributed by atoms with E-state index >= 15 is 0 Å². The van der Waals surface area contributed by atoms with E-state index in [-0.39, 0.29) is 23.8 Å². The molecule has 0 aromatic heterocycles. The molecule has 2 unspecified atom stereocenters. The molecule has 126 valence electrons. The molecular formula is C17H22ClNO4. The van der Waals surface area contributed by atoms with Crippen LogP contribution in [-0.4, -0.2) is 31.6 Å². The van der Waals surface area contributed by atoms with E-state index < -0.39 is 0 Å². The van der Waals surface area contributed by atoms with Gasteiger partial charge in [-0.25, -0.2) is 0 Å². The highest BCUT2D eigenvalue weighted by Crippen LogP contribution is 2.27. The Morgan fingerprint density at radius 2 is 2.04 bits per heavy atom. The van der Waals surface area contributed by atoms with Crippen LogP contribution < -0.4 is 10.1 Å². The third-order valence-corrected chi connectivity index (χ3v) is 4.38. The van der Waals surface area contributed by atoms with Gasteiger partial charge in [-0.05, 0) is 38.0 Å². The van der Waals surface area contributed by atoms with E-state index in [1.54, 1.807) is 25.1 Å². The Morgan fingerprint density at radius 1 is 1.30 bits per heavy atom. The minimum Gasteiger partial charge on any atom is -0.495 e. The monoisotopic (exact) mass is 339 g/mol. The smallest absolute Gasteiger partial charge is 0.311 e.